The lowest BCUT2D eigenvalue weighted by Crippen LogP contribution is -2.01. The van der Waals surface area contributed by atoms with Crippen molar-refractivity contribution in [3.63, 3.8) is 0 Å². The summed E-state index contributed by atoms with van der Waals surface area (Å²) in [6, 6.07) is 7.66. The zero-order chi connectivity index (χ0) is 15.6. The number of nitro benzene ring substituents is 1. The molecule has 8 heteroatoms. The molecular weight excluding hydrogens is 358 g/mol. The van der Waals surface area contributed by atoms with Gasteiger partial charge in [-0.3, -0.25) is 10.1 Å². The van der Waals surface area contributed by atoms with Crippen molar-refractivity contribution >= 4 is 57.8 Å². The number of benzene rings is 2. The van der Waals surface area contributed by atoms with E-state index < -0.39 is 4.92 Å². The maximum absolute atomic E-state index is 10.8. The fourth-order valence-corrected chi connectivity index (χ4v) is 2.85. The molecule has 0 saturated carbocycles. The second kappa shape index (κ2) is 6.71. The molecule has 21 heavy (non-hydrogen) atoms. The highest BCUT2D eigenvalue weighted by molar-refractivity contribution is 6.41. The second-order valence-corrected chi connectivity index (χ2v) is 5.80. The zero-order valence-electron chi connectivity index (χ0n) is 10.4. The number of rotatable bonds is 4. The van der Waals surface area contributed by atoms with Gasteiger partial charge in [0.1, 0.15) is 5.02 Å². The lowest BCUT2D eigenvalue weighted by Gasteiger charge is -2.11. The number of hydrogen-bond donors (Lipinski definition) is 1. The Hall–Kier alpha value is -1.20. The highest BCUT2D eigenvalue weighted by atomic mass is 35.5. The average molecular weight is 366 g/mol. The van der Waals surface area contributed by atoms with E-state index in [1.807, 2.05) is 0 Å². The first-order valence-corrected chi connectivity index (χ1v) is 7.21. The molecule has 0 amide bonds. The van der Waals surface area contributed by atoms with E-state index in [1.54, 1.807) is 18.2 Å². The average Bonchev–Trinajstić information content (AvgIpc) is 2.38. The van der Waals surface area contributed by atoms with Gasteiger partial charge in [0.15, 0.2) is 0 Å². The van der Waals surface area contributed by atoms with Crippen LogP contribution in [0.5, 0.6) is 0 Å². The lowest BCUT2D eigenvalue weighted by molar-refractivity contribution is -0.384. The predicted octanol–water partition coefficient (Wildman–Crippen LogP) is 5.82. The van der Waals surface area contributed by atoms with Gasteiger partial charge >= 0.3 is 0 Å². The molecule has 0 fully saturated rings. The van der Waals surface area contributed by atoms with Gasteiger partial charge in [-0.2, -0.15) is 0 Å². The molecule has 1 N–H and O–H groups in total. The van der Waals surface area contributed by atoms with Crippen LogP contribution in [0, 0.1) is 10.1 Å². The maximum Gasteiger partial charge on any atom is 0.288 e. The van der Waals surface area contributed by atoms with E-state index in [-0.39, 0.29) is 10.7 Å². The lowest BCUT2D eigenvalue weighted by atomic mass is 10.2. The van der Waals surface area contributed by atoms with Crippen LogP contribution in [-0.4, -0.2) is 4.92 Å². The third-order valence-electron chi connectivity index (χ3n) is 2.68. The Kier molecular flexibility index (Phi) is 5.17. The highest BCUT2D eigenvalue weighted by Gasteiger charge is 2.13. The van der Waals surface area contributed by atoms with Crippen molar-refractivity contribution in [1.82, 2.24) is 0 Å². The van der Waals surface area contributed by atoms with Crippen molar-refractivity contribution < 1.29 is 4.92 Å². The van der Waals surface area contributed by atoms with Gasteiger partial charge in [0.25, 0.3) is 5.69 Å². The zero-order valence-corrected chi connectivity index (χ0v) is 13.4. The minimum atomic E-state index is -0.534. The van der Waals surface area contributed by atoms with E-state index in [2.05, 4.69) is 5.32 Å². The molecule has 0 spiro atoms. The van der Waals surface area contributed by atoms with Gasteiger partial charge in [0.2, 0.25) is 0 Å². The van der Waals surface area contributed by atoms with E-state index in [9.17, 15) is 10.1 Å². The molecule has 0 unspecified atom stereocenters. The quantitative estimate of drug-likeness (QED) is 0.548. The van der Waals surface area contributed by atoms with E-state index in [1.165, 1.54) is 12.1 Å². The molecule has 110 valence electrons. The number of hydrogen-bond acceptors (Lipinski definition) is 3. The molecule has 0 atom stereocenters. The van der Waals surface area contributed by atoms with E-state index in [0.717, 1.165) is 0 Å². The molecule has 0 aromatic heterocycles. The van der Waals surface area contributed by atoms with Crippen molar-refractivity contribution in [1.29, 1.82) is 0 Å². The van der Waals surface area contributed by atoms with E-state index in [4.69, 9.17) is 46.4 Å². The van der Waals surface area contributed by atoms with Crippen LogP contribution in [0.3, 0.4) is 0 Å². The monoisotopic (exact) mass is 364 g/mol. The van der Waals surface area contributed by atoms with Gasteiger partial charge in [-0.05, 0) is 23.8 Å². The van der Waals surface area contributed by atoms with Gasteiger partial charge < -0.3 is 5.32 Å². The number of nitro groups is 1. The largest absolute Gasteiger partial charge is 0.379 e. The van der Waals surface area contributed by atoms with Crippen LogP contribution < -0.4 is 5.32 Å². The van der Waals surface area contributed by atoms with Gasteiger partial charge in [-0.1, -0.05) is 52.5 Å². The molecule has 0 aliphatic heterocycles. The summed E-state index contributed by atoms with van der Waals surface area (Å²) in [5, 5.41) is 15.1. The Morgan fingerprint density at radius 3 is 2.19 bits per heavy atom. The summed E-state index contributed by atoms with van der Waals surface area (Å²) in [4.78, 5) is 10.3. The molecule has 2 rings (SSSR count). The molecule has 0 aliphatic rings. The van der Waals surface area contributed by atoms with Crippen LogP contribution in [0.15, 0.2) is 30.3 Å². The molecule has 2 aromatic rings. The van der Waals surface area contributed by atoms with Crippen LogP contribution in [0.25, 0.3) is 0 Å². The molecule has 0 bridgehead atoms. The normalized spacial score (nSPS) is 10.5. The number of nitrogens with zero attached hydrogens (tertiary/aromatic N) is 1. The fraction of sp³-hybridized carbons (Fsp3) is 0.0769. The number of nitrogens with one attached hydrogen (secondary N) is 1. The topological polar surface area (TPSA) is 55.2 Å². The molecule has 4 nitrogen and oxygen atoms in total. The minimum Gasteiger partial charge on any atom is -0.379 e. The smallest absolute Gasteiger partial charge is 0.288 e. The molecule has 0 radical (unpaired) electrons. The summed E-state index contributed by atoms with van der Waals surface area (Å²) < 4.78 is 0. The third-order valence-corrected chi connectivity index (χ3v) is 3.82. The SMILES string of the molecule is O=[N+]([O-])c1cc(CNc2c(Cl)cc(Cl)cc2Cl)ccc1Cl. The fourth-order valence-electron chi connectivity index (χ4n) is 1.71. The molecule has 0 aliphatic carbocycles. The van der Waals surface area contributed by atoms with Crippen LogP contribution in [-0.2, 0) is 6.54 Å². The summed E-state index contributed by atoms with van der Waals surface area (Å²) in [5.74, 6) is 0. The van der Waals surface area contributed by atoms with Crippen LogP contribution in [0.4, 0.5) is 11.4 Å². The molecule has 0 saturated heterocycles. The Morgan fingerprint density at radius 1 is 1.00 bits per heavy atom. The van der Waals surface area contributed by atoms with Crippen molar-refractivity contribution in [2.75, 3.05) is 5.32 Å². The van der Waals surface area contributed by atoms with Crippen molar-refractivity contribution in [3.05, 3.63) is 66.1 Å². The minimum absolute atomic E-state index is 0.0892. The molecule has 0 heterocycles. The Bertz CT molecular complexity index is 684. The second-order valence-electron chi connectivity index (χ2n) is 4.14. The predicted molar refractivity (Wildman–Crippen MR) is 86.9 cm³/mol. The molecule has 2 aromatic carbocycles. The van der Waals surface area contributed by atoms with Crippen LogP contribution >= 0.6 is 46.4 Å². The first-order chi connectivity index (χ1) is 9.88. The van der Waals surface area contributed by atoms with E-state index >= 15 is 0 Å². The summed E-state index contributed by atoms with van der Waals surface area (Å²) in [6.07, 6.45) is 0. The van der Waals surface area contributed by atoms with Crippen molar-refractivity contribution in [2.45, 2.75) is 6.54 Å². The summed E-state index contributed by atoms with van der Waals surface area (Å²) in [5.41, 5.74) is 1.04. The third kappa shape index (κ3) is 3.92. The summed E-state index contributed by atoms with van der Waals surface area (Å²) >= 11 is 23.7. The van der Waals surface area contributed by atoms with E-state index in [0.29, 0.717) is 32.9 Å². The van der Waals surface area contributed by atoms with Crippen LogP contribution in [0.1, 0.15) is 5.56 Å². The first kappa shape index (κ1) is 16.2. The Balaban J connectivity index is 2.21. The standard InChI is InChI=1S/C13H8Cl4N2O2/c14-8-4-10(16)13(11(17)5-8)18-6-7-1-2-9(15)12(3-7)19(20)21/h1-5,18H,6H2. The first-order valence-electron chi connectivity index (χ1n) is 5.69. The van der Waals surface area contributed by atoms with Gasteiger partial charge in [0, 0.05) is 17.6 Å². The molecular formula is C13H8Cl4N2O2. The summed E-state index contributed by atoms with van der Waals surface area (Å²) in [7, 11) is 0. The summed E-state index contributed by atoms with van der Waals surface area (Å²) in [6.45, 7) is 0.305. The van der Waals surface area contributed by atoms with Crippen molar-refractivity contribution in [3.8, 4) is 0 Å². The number of anilines is 1. The van der Waals surface area contributed by atoms with Gasteiger partial charge in [-0.15, -0.1) is 0 Å². The maximum atomic E-state index is 10.8. The Labute approximate surface area is 140 Å². The highest BCUT2D eigenvalue weighted by Crippen LogP contribution is 2.34. The van der Waals surface area contributed by atoms with Crippen molar-refractivity contribution in [2.24, 2.45) is 0 Å². The van der Waals surface area contributed by atoms with Gasteiger partial charge in [0.05, 0.1) is 20.7 Å². The van der Waals surface area contributed by atoms with Gasteiger partial charge in [-0.25, -0.2) is 0 Å². The van der Waals surface area contributed by atoms with Crippen LogP contribution in [0.2, 0.25) is 20.1 Å². The Morgan fingerprint density at radius 2 is 1.62 bits per heavy atom. The number of halogens is 4.